The van der Waals surface area contributed by atoms with Crippen molar-refractivity contribution in [2.24, 2.45) is 23.5 Å². The molecule has 7 rings (SSSR count). The molecule has 4 aliphatic rings. The first kappa shape index (κ1) is 30.0. The van der Waals surface area contributed by atoms with Crippen LogP contribution in [0.3, 0.4) is 0 Å². The number of Topliss-reactive ketones (excluding diaryl/α,β-unsaturated/α-hetero) is 2. The summed E-state index contributed by atoms with van der Waals surface area (Å²) in [6.45, 7) is 0.182. The Morgan fingerprint density at radius 3 is 2.50 bits per heavy atom. The van der Waals surface area contributed by atoms with Crippen LogP contribution < -0.4 is 15.2 Å². The summed E-state index contributed by atoms with van der Waals surface area (Å²) in [7, 11) is 3.48. The Morgan fingerprint density at radius 1 is 1.04 bits per heavy atom. The molecule has 3 aromatic rings. The summed E-state index contributed by atoms with van der Waals surface area (Å²) in [4.78, 5) is 42.9. The maximum atomic E-state index is 14.2. The van der Waals surface area contributed by atoms with Gasteiger partial charge in [0.25, 0.3) is 0 Å². The molecule has 0 spiro atoms. The van der Waals surface area contributed by atoms with Crippen LogP contribution in [0.2, 0.25) is 0 Å². The molecule has 6 atom stereocenters. The van der Waals surface area contributed by atoms with Crippen molar-refractivity contribution in [2.45, 2.75) is 37.2 Å². The number of ether oxygens (including phenoxy) is 3. The number of hydrogen-bond acceptors (Lipinski definition) is 10. The lowest BCUT2D eigenvalue weighted by atomic mass is 9.55. The molecular formula is C35H34N2O9. The zero-order valence-corrected chi connectivity index (χ0v) is 25.3. The number of phenols is 1. The first-order valence-electron chi connectivity index (χ1n) is 15.1. The number of benzene rings is 3. The van der Waals surface area contributed by atoms with Gasteiger partial charge < -0.3 is 40.2 Å². The minimum Gasteiger partial charge on any atom is -0.508 e. The lowest BCUT2D eigenvalue weighted by Gasteiger charge is -2.54. The number of aromatic hydroxyl groups is 1. The van der Waals surface area contributed by atoms with Crippen molar-refractivity contribution in [3.63, 3.8) is 0 Å². The molecule has 3 aliphatic carbocycles. The van der Waals surface area contributed by atoms with Gasteiger partial charge in [0, 0.05) is 17.5 Å². The summed E-state index contributed by atoms with van der Waals surface area (Å²) in [5.74, 6) is -5.82. The second kappa shape index (κ2) is 11.0. The molecule has 0 bridgehead atoms. The van der Waals surface area contributed by atoms with E-state index in [1.165, 1.54) is 6.07 Å². The van der Waals surface area contributed by atoms with Crippen LogP contribution in [0, 0.1) is 17.8 Å². The van der Waals surface area contributed by atoms with Crippen LogP contribution in [-0.4, -0.2) is 76.3 Å². The van der Waals surface area contributed by atoms with Crippen molar-refractivity contribution in [1.82, 2.24) is 4.90 Å². The molecule has 1 fully saturated rings. The number of carbonyl (C=O) groups excluding carboxylic acids is 3. The second-order valence-corrected chi connectivity index (χ2v) is 12.6. The Balaban J connectivity index is 1.33. The third kappa shape index (κ3) is 4.41. The number of nitrogens with zero attached hydrogens (tertiary/aromatic N) is 1. The highest BCUT2D eigenvalue weighted by molar-refractivity contribution is 6.16. The number of allylic oxidation sites excluding steroid dienone is 1. The molecule has 1 aliphatic heterocycles. The standard InChI is InChI=1S/C35H34N2O9/c1-37(2)29-22-13-19-12-21-20(18-8-11-24-25(14-18)46-16-45-24)9-10-23(38)27(21)30(39)26(19)32(40)35(22,43)33(41)28(34(36)42)31(29)44-15-17-6-4-3-5-7-17/h3-11,14,19,22,28-29,31,38,40,43H,12-13,15-16H2,1-2H3,(H2,36,42)/t19-,22-,28?,29-,31?,35-/m0/s1. The van der Waals surface area contributed by atoms with E-state index in [0.717, 1.165) is 11.1 Å². The van der Waals surface area contributed by atoms with Crippen molar-refractivity contribution in [3.8, 4) is 28.4 Å². The van der Waals surface area contributed by atoms with E-state index in [2.05, 4.69) is 0 Å². The number of phenolic OH excluding ortho intramolecular Hbond substituents is 1. The van der Waals surface area contributed by atoms with Crippen LogP contribution in [0.4, 0.5) is 0 Å². The molecule has 238 valence electrons. The Morgan fingerprint density at radius 2 is 1.78 bits per heavy atom. The van der Waals surface area contributed by atoms with E-state index in [1.54, 1.807) is 31.1 Å². The van der Waals surface area contributed by atoms with E-state index in [0.29, 0.717) is 22.6 Å². The molecular weight excluding hydrogens is 592 g/mol. The number of carbonyl (C=O) groups is 3. The van der Waals surface area contributed by atoms with Crippen molar-refractivity contribution in [1.29, 1.82) is 0 Å². The molecule has 1 saturated carbocycles. The molecule has 2 unspecified atom stereocenters. The molecule has 1 amide bonds. The van der Waals surface area contributed by atoms with E-state index in [4.69, 9.17) is 19.9 Å². The Bertz CT molecular complexity index is 1800. The summed E-state index contributed by atoms with van der Waals surface area (Å²) in [5, 5.41) is 34.9. The van der Waals surface area contributed by atoms with Gasteiger partial charge in [-0.1, -0.05) is 42.5 Å². The molecule has 0 saturated heterocycles. The van der Waals surface area contributed by atoms with E-state index >= 15 is 0 Å². The number of aliphatic hydroxyl groups excluding tert-OH is 1. The maximum absolute atomic E-state index is 14.2. The fourth-order valence-electron chi connectivity index (χ4n) is 7.87. The Labute approximate surface area is 264 Å². The average Bonchev–Trinajstić information content (AvgIpc) is 3.50. The van der Waals surface area contributed by atoms with Gasteiger partial charge in [0.05, 0.1) is 18.3 Å². The first-order chi connectivity index (χ1) is 22.0. The van der Waals surface area contributed by atoms with Gasteiger partial charge in [-0.3, -0.25) is 14.4 Å². The van der Waals surface area contributed by atoms with Crippen LogP contribution in [0.15, 0.2) is 72.0 Å². The van der Waals surface area contributed by atoms with E-state index in [9.17, 15) is 29.7 Å². The molecule has 1 heterocycles. The zero-order valence-electron chi connectivity index (χ0n) is 25.3. The number of aliphatic hydroxyl groups is 2. The SMILES string of the molecule is CN(C)[C@@H]1C(OCc2ccccc2)C(C(N)=O)C(=O)[C@@]2(O)C(O)=C3C(=O)c4c(O)ccc(-c5ccc6c(c5)OCO6)c4C[C@H]3C[C@@H]12. The summed E-state index contributed by atoms with van der Waals surface area (Å²) in [6.07, 6.45) is -0.698. The van der Waals surface area contributed by atoms with E-state index in [1.807, 2.05) is 42.5 Å². The van der Waals surface area contributed by atoms with Crippen molar-refractivity contribution < 1.29 is 43.9 Å². The van der Waals surface area contributed by atoms with Gasteiger partial charge in [0.15, 0.2) is 28.7 Å². The number of ketones is 2. The second-order valence-electron chi connectivity index (χ2n) is 12.6. The summed E-state index contributed by atoms with van der Waals surface area (Å²) in [6, 6.07) is 17.1. The van der Waals surface area contributed by atoms with Gasteiger partial charge in [0.1, 0.15) is 17.4 Å². The molecule has 46 heavy (non-hydrogen) atoms. The minimum absolute atomic E-state index is 0.0158. The lowest BCUT2D eigenvalue weighted by molar-refractivity contribution is -0.186. The highest BCUT2D eigenvalue weighted by atomic mass is 16.7. The largest absolute Gasteiger partial charge is 0.508 e. The van der Waals surface area contributed by atoms with Crippen molar-refractivity contribution >= 4 is 17.5 Å². The monoisotopic (exact) mass is 626 g/mol. The fraction of sp³-hybridized carbons (Fsp3) is 0.343. The van der Waals surface area contributed by atoms with Crippen LogP contribution in [0.5, 0.6) is 17.2 Å². The quantitative estimate of drug-likeness (QED) is 0.299. The van der Waals surface area contributed by atoms with Crippen LogP contribution in [0.1, 0.15) is 27.9 Å². The topological polar surface area (TPSA) is 169 Å². The summed E-state index contributed by atoms with van der Waals surface area (Å²) in [5.41, 5.74) is 5.86. The lowest BCUT2D eigenvalue weighted by Crippen LogP contribution is -2.71. The van der Waals surface area contributed by atoms with Crippen LogP contribution >= 0.6 is 0 Å². The van der Waals surface area contributed by atoms with Gasteiger partial charge in [0.2, 0.25) is 12.7 Å². The minimum atomic E-state index is -2.58. The van der Waals surface area contributed by atoms with Crippen molar-refractivity contribution in [3.05, 3.63) is 88.7 Å². The zero-order chi connectivity index (χ0) is 32.5. The first-order valence-corrected chi connectivity index (χ1v) is 15.1. The summed E-state index contributed by atoms with van der Waals surface area (Å²) >= 11 is 0. The number of fused-ring (bicyclic) bond motifs is 4. The molecule has 5 N–H and O–H groups in total. The van der Waals surface area contributed by atoms with Crippen molar-refractivity contribution in [2.75, 3.05) is 20.9 Å². The molecule has 11 nitrogen and oxygen atoms in total. The molecule has 3 aromatic carbocycles. The Hall–Kier alpha value is -4.71. The molecule has 0 aromatic heterocycles. The van der Waals surface area contributed by atoms with Gasteiger partial charge in [-0.15, -0.1) is 0 Å². The number of rotatable bonds is 6. The number of amides is 1. The molecule has 0 radical (unpaired) electrons. The number of nitrogens with two attached hydrogens (primary N) is 1. The predicted molar refractivity (Wildman–Crippen MR) is 164 cm³/mol. The van der Waals surface area contributed by atoms with Gasteiger partial charge in [-0.25, -0.2) is 0 Å². The van der Waals surface area contributed by atoms with Gasteiger partial charge in [-0.05, 0) is 73.3 Å². The maximum Gasteiger partial charge on any atom is 0.231 e. The average molecular weight is 627 g/mol. The normalized spacial score (nSPS) is 28.1. The third-order valence-electron chi connectivity index (χ3n) is 9.92. The summed E-state index contributed by atoms with van der Waals surface area (Å²) < 4.78 is 17.3. The third-order valence-corrected chi connectivity index (χ3v) is 9.92. The number of likely N-dealkylation sites (N-methyl/N-ethyl adjacent to an activating group) is 1. The van der Waals surface area contributed by atoms with E-state index in [-0.39, 0.29) is 43.1 Å². The predicted octanol–water partition coefficient (Wildman–Crippen LogP) is 2.91. The molecule has 11 heteroatoms. The van der Waals surface area contributed by atoms with Gasteiger partial charge in [-0.2, -0.15) is 0 Å². The van der Waals surface area contributed by atoms with Gasteiger partial charge >= 0.3 is 0 Å². The fourth-order valence-corrected chi connectivity index (χ4v) is 7.87. The highest BCUT2D eigenvalue weighted by Crippen LogP contribution is 2.54. The van der Waals surface area contributed by atoms with E-state index < -0.39 is 58.7 Å². The Kier molecular flexibility index (Phi) is 7.15. The highest BCUT2D eigenvalue weighted by Gasteiger charge is 2.66. The smallest absolute Gasteiger partial charge is 0.231 e. The number of primary amides is 1. The van der Waals surface area contributed by atoms with Crippen LogP contribution in [-0.2, 0) is 27.4 Å². The number of hydrogen-bond donors (Lipinski definition) is 4. The van der Waals surface area contributed by atoms with Crippen LogP contribution in [0.25, 0.3) is 11.1 Å².